The Kier molecular flexibility index (Phi) is 3.49. The van der Waals surface area contributed by atoms with Gasteiger partial charge < -0.3 is 8.83 Å². The van der Waals surface area contributed by atoms with Gasteiger partial charge in [0.25, 0.3) is 0 Å². The highest BCUT2D eigenvalue weighted by molar-refractivity contribution is 6.02. The highest BCUT2D eigenvalue weighted by Crippen LogP contribution is 2.34. The SMILES string of the molecule is CCCc1cc(=O)oc2cc3occ(-c4ccc(C)cc4)c3cc12. The molecule has 0 saturated carbocycles. The molecule has 0 fully saturated rings. The molecule has 0 amide bonds. The minimum atomic E-state index is -0.310. The molecule has 4 rings (SSSR count). The molecule has 0 saturated heterocycles. The quantitative estimate of drug-likeness (QED) is 0.471. The van der Waals surface area contributed by atoms with Crippen molar-refractivity contribution in [2.45, 2.75) is 26.7 Å². The average Bonchev–Trinajstić information content (AvgIpc) is 2.97. The molecule has 2 heterocycles. The third-order valence-corrected chi connectivity index (χ3v) is 4.41. The lowest BCUT2D eigenvalue weighted by atomic mass is 10.00. The highest BCUT2D eigenvalue weighted by atomic mass is 16.4. The van der Waals surface area contributed by atoms with Crippen LogP contribution in [0.4, 0.5) is 0 Å². The summed E-state index contributed by atoms with van der Waals surface area (Å²) in [5, 5.41) is 2.02. The van der Waals surface area contributed by atoms with Crippen LogP contribution in [0.25, 0.3) is 33.1 Å². The Bertz CT molecular complexity index is 1080. The van der Waals surface area contributed by atoms with Gasteiger partial charge in [0.05, 0.1) is 6.26 Å². The van der Waals surface area contributed by atoms with Crippen LogP contribution in [-0.2, 0) is 6.42 Å². The molecule has 0 N–H and O–H groups in total. The first-order valence-electron chi connectivity index (χ1n) is 8.20. The van der Waals surface area contributed by atoms with E-state index in [1.807, 2.05) is 6.07 Å². The normalized spacial score (nSPS) is 11.4. The highest BCUT2D eigenvalue weighted by Gasteiger charge is 2.13. The smallest absolute Gasteiger partial charge is 0.336 e. The van der Waals surface area contributed by atoms with Crippen molar-refractivity contribution in [2.75, 3.05) is 0 Å². The van der Waals surface area contributed by atoms with E-state index < -0.39 is 0 Å². The van der Waals surface area contributed by atoms with Crippen LogP contribution >= 0.6 is 0 Å². The minimum Gasteiger partial charge on any atom is -0.464 e. The summed E-state index contributed by atoms with van der Waals surface area (Å²) < 4.78 is 11.1. The standard InChI is InChI=1S/C21H18O3/c1-3-4-15-9-21(22)24-20-11-19-17(10-16(15)20)18(12-23-19)14-7-5-13(2)6-8-14/h5-12H,3-4H2,1-2H3. The third-order valence-electron chi connectivity index (χ3n) is 4.41. The first kappa shape index (κ1) is 14.8. The summed E-state index contributed by atoms with van der Waals surface area (Å²) in [5.74, 6) is 0. The van der Waals surface area contributed by atoms with E-state index in [2.05, 4.69) is 44.2 Å². The minimum absolute atomic E-state index is 0.310. The second-order valence-corrected chi connectivity index (χ2v) is 6.20. The Labute approximate surface area is 139 Å². The van der Waals surface area contributed by atoms with Crippen LogP contribution in [0.5, 0.6) is 0 Å². The topological polar surface area (TPSA) is 43.4 Å². The summed E-state index contributed by atoms with van der Waals surface area (Å²) in [4.78, 5) is 11.8. The summed E-state index contributed by atoms with van der Waals surface area (Å²) in [6.07, 6.45) is 3.60. The van der Waals surface area contributed by atoms with E-state index in [9.17, 15) is 4.79 Å². The maximum Gasteiger partial charge on any atom is 0.336 e. The predicted octanol–water partition coefficient (Wildman–Crippen LogP) is 5.47. The molecule has 3 heteroatoms. The molecule has 0 aliphatic rings. The first-order chi connectivity index (χ1) is 11.7. The van der Waals surface area contributed by atoms with E-state index in [-0.39, 0.29) is 5.63 Å². The Morgan fingerprint density at radius 2 is 1.75 bits per heavy atom. The van der Waals surface area contributed by atoms with Crippen LogP contribution in [0, 0.1) is 6.92 Å². The monoisotopic (exact) mass is 318 g/mol. The Hall–Kier alpha value is -2.81. The molecule has 120 valence electrons. The molecular weight excluding hydrogens is 300 g/mol. The number of hydrogen-bond acceptors (Lipinski definition) is 3. The van der Waals surface area contributed by atoms with Gasteiger partial charge in [-0.25, -0.2) is 4.79 Å². The van der Waals surface area contributed by atoms with Crippen molar-refractivity contribution in [3.63, 3.8) is 0 Å². The lowest BCUT2D eigenvalue weighted by Crippen LogP contribution is -2.00. The van der Waals surface area contributed by atoms with Crippen LogP contribution < -0.4 is 5.63 Å². The fourth-order valence-electron chi connectivity index (χ4n) is 3.18. The van der Waals surface area contributed by atoms with Crippen molar-refractivity contribution >= 4 is 21.9 Å². The molecule has 0 aliphatic carbocycles. The van der Waals surface area contributed by atoms with Crippen LogP contribution in [0.15, 0.2) is 62.4 Å². The van der Waals surface area contributed by atoms with Crippen molar-refractivity contribution in [1.29, 1.82) is 0 Å². The number of fused-ring (bicyclic) bond motifs is 2. The summed E-state index contributed by atoms with van der Waals surface area (Å²) in [6.45, 7) is 4.18. The Morgan fingerprint density at radius 3 is 2.50 bits per heavy atom. The van der Waals surface area contributed by atoms with Crippen molar-refractivity contribution in [3.05, 3.63) is 70.3 Å². The van der Waals surface area contributed by atoms with Crippen LogP contribution in [0.2, 0.25) is 0 Å². The molecule has 24 heavy (non-hydrogen) atoms. The van der Waals surface area contributed by atoms with E-state index in [0.29, 0.717) is 5.58 Å². The Balaban J connectivity index is 2.00. The number of benzene rings is 2. The Morgan fingerprint density at radius 1 is 0.958 bits per heavy atom. The number of hydrogen-bond donors (Lipinski definition) is 0. The molecule has 0 atom stereocenters. The fraction of sp³-hybridized carbons (Fsp3) is 0.190. The van der Waals surface area contributed by atoms with Gasteiger partial charge in [0.1, 0.15) is 11.2 Å². The molecule has 2 aromatic carbocycles. The largest absolute Gasteiger partial charge is 0.464 e. The number of furan rings is 1. The van der Waals surface area contributed by atoms with E-state index in [0.717, 1.165) is 45.9 Å². The molecule has 0 unspecified atom stereocenters. The average molecular weight is 318 g/mol. The molecule has 0 radical (unpaired) electrons. The summed E-state index contributed by atoms with van der Waals surface area (Å²) in [5.41, 5.74) is 5.44. The van der Waals surface area contributed by atoms with Gasteiger partial charge >= 0.3 is 5.63 Å². The van der Waals surface area contributed by atoms with Crippen LogP contribution in [0.1, 0.15) is 24.5 Å². The number of rotatable bonds is 3. The van der Waals surface area contributed by atoms with E-state index in [1.165, 1.54) is 5.56 Å². The zero-order valence-corrected chi connectivity index (χ0v) is 13.8. The second kappa shape index (κ2) is 5.68. The van der Waals surface area contributed by atoms with E-state index >= 15 is 0 Å². The zero-order chi connectivity index (χ0) is 16.7. The third kappa shape index (κ3) is 2.42. The molecular formula is C21H18O3. The van der Waals surface area contributed by atoms with Crippen molar-refractivity contribution in [2.24, 2.45) is 0 Å². The zero-order valence-electron chi connectivity index (χ0n) is 13.8. The van der Waals surface area contributed by atoms with Crippen molar-refractivity contribution in [3.8, 4) is 11.1 Å². The van der Waals surface area contributed by atoms with Crippen molar-refractivity contribution in [1.82, 2.24) is 0 Å². The first-order valence-corrected chi connectivity index (χ1v) is 8.20. The molecule has 2 aromatic heterocycles. The summed E-state index contributed by atoms with van der Waals surface area (Å²) in [6, 6.07) is 13.9. The van der Waals surface area contributed by atoms with Crippen LogP contribution in [-0.4, -0.2) is 0 Å². The van der Waals surface area contributed by atoms with Gasteiger partial charge in [-0.2, -0.15) is 0 Å². The molecule has 3 nitrogen and oxygen atoms in total. The van der Waals surface area contributed by atoms with Gasteiger partial charge in [-0.1, -0.05) is 43.2 Å². The van der Waals surface area contributed by atoms with Gasteiger partial charge in [0.15, 0.2) is 0 Å². The molecule has 4 aromatic rings. The molecule has 0 spiro atoms. The summed E-state index contributed by atoms with van der Waals surface area (Å²) in [7, 11) is 0. The fourth-order valence-corrected chi connectivity index (χ4v) is 3.18. The maximum atomic E-state index is 11.8. The molecule has 0 aliphatic heterocycles. The predicted molar refractivity (Wildman–Crippen MR) is 96.4 cm³/mol. The van der Waals surface area contributed by atoms with Gasteiger partial charge in [0, 0.05) is 28.5 Å². The number of aryl methyl sites for hydroxylation is 2. The van der Waals surface area contributed by atoms with Gasteiger partial charge in [-0.05, 0) is 30.5 Å². The van der Waals surface area contributed by atoms with Gasteiger partial charge in [0.2, 0.25) is 0 Å². The van der Waals surface area contributed by atoms with Crippen molar-refractivity contribution < 1.29 is 8.83 Å². The van der Waals surface area contributed by atoms with Gasteiger partial charge in [-0.3, -0.25) is 0 Å². The van der Waals surface area contributed by atoms with E-state index in [4.69, 9.17) is 8.83 Å². The van der Waals surface area contributed by atoms with Crippen LogP contribution in [0.3, 0.4) is 0 Å². The molecule has 0 bridgehead atoms. The lowest BCUT2D eigenvalue weighted by Gasteiger charge is -2.05. The second-order valence-electron chi connectivity index (χ2n) is 6.20. The van der Waals surface area contributed by atoms with E-state index in [1.54, 1.807) is 12.3 Å². The maximum absolute atomic E-state index is 11.8. The van der Waals surface area contributed by atoms with Gasteiger partial charge in [-0.15, -0.1) is 0 Å². The summed E-state index contributed by atoms with van der Waals surface area (Å²) >= 11 is 0. The lowest BCUT2D eigenvalue weighted by molar-refractivity contribution is 0.557.